The van der Waals surface area contributed by atoms with Gasteiger partial charge in [-0.3, -0.25) is 14.7 Å². The van der Waals surface area contributed by atoms with Crippen LogP contribution in [0.2, 0.25) is 0 Å². The number of nitrogens with zero attached hydrogens (tertiary/aromatic N) is 2. The molecule has 27 heavy (non-hydrogen) atoms. The molecule has 0 aliphatic heterocycles. The molecule has 4 aromatic rings. The molecule has 4 rings (SSSR count). The summed E-state index contributed by atoms with van der Waals surface area (Å²) in [5.74, 6) is -0.491. The molecule has 5 heteroatoms. The number of hydrogen-bond donors (Lipinski definition) is 2. The number of fused-ring (bicyclic) bond motifs is 1. The van der Waals surface area contributed by atoms with E-state index in [1.165, 1.54) is 0 Å². The highest BCUT2D eigenvalue weighted by Crippen LogP contribution is 2.25. The molecular formula is C22H19N3O2. The number of carbonyl (C=O) groups is 1. The number of hydrogen-bond acceptors (Lipinski definition) is 3. The van der Waals surface area contributed by atoms with E-state index in [0.29, 0.717) is 6.42 Å². The van der Waals surface area contributed by atoms with Crippen molar-refractivity contribution in [3.8, 4) is 11.1 Å². The lowest BCUT2D eigenvalue weighted by molar-refractivity contribution is -0.132. The van der Waals surface area contributed by atoms with Gasteiger partial charge in [-0.15, -0.1) is 0 Å². The fourth-order valence-electron chi connectivity index (χ4n) is 3.22. The molecule has 0 saturated heterocycles. The van der Waals surface area contributed by atoms with Crippen LogP contribution in [0.1, 0.15) is 11.6 Å². The van der Waals surface area contributed by atoms with Gasteiger partial charge in [-0.05, 0) is 22.8 Å². The Labute approximate surface area is 156 Å². The average molecular weight is 357 g/mol. The Kier molecular flexibility index (Phi) is 4.68. The fraction of sp³-hybridized carbons (Fsp3) is 0.0909. The standard InChI is InChI=1S/C22H19N3O2/c26-22(24-27)21(13-16-7-3-1-4-8-16)25-15-19-12-11-18(14-20(19)23-25)17-9-5-2-6-10-17/h1-12,14-15,21,27H,13H2,(H,24,26). The highest BCUT2D eigenvalue weighted by molar-refractivity contribution is 5.85. The lowest BCUT2D eigenvalue weighted by Gasteiger charge is -2.15. The molecular weight excluding hydrogens is 338 g/mol. The molecule has 5 nitrogen and oxygen atoms in total. The van der Waals surface area contributed by atoms with Gasteiger partial charge in [0.25, 0.3) is 5.91 Å². The fourth-order valence-corrected chi connectivity index (χ4v) is 3.22. The van der Waals surface area contributed by atoms with Crippen molar-refractivity contribution >= 4 is 16.8 Å². The Bertz CT molecular complexity index is 1060. The van der Waals surface area contributed by atoms with Gasteiger partial charge in [0.15, 0.2) is 0 Å². The number of rotatable bonds is 5. The summed E-state index contributed by atoms with van der Waals surface area (Å²) in [4.78, 5) is 12.3. The Balaban J connectivity index is 1.71. The van der Waals surface area contributed by atoms with Gasteiger partial charge < -0.3 is 0 Å². The zero-order valence-electron chi connectivity index (χ0n) is 14.6. The monoisotopic (exact) mass is 357 g/mol. The molecule has 0 saturated carbocycles. The molecule has 1 heterocycles. The maximum atomic E-state index is 12.3. The smallest absolute Gasteiger partial charge is 0.268 e. The summed E-state index contributed by atoms with van der Waals surface area (Å²) >= 11 is 0. The quantitative estimate of drug-likeness (QED) is 0.419. The van der Waals surface area contributed by atoms with Crippen LogP contribution in [0.4, 0.5) is 0 Å². The minimum absolute atomic E-state index is 0.437. The first-order valence-electron chi connectivity index (χ1n) is 8.77. The van der Waals surface area contributed by atoms with E-state index in [-0.39, 0.29) is 0 Å². The zero-order valence-corrected chi connectivity index (χ0v) is 14.6. The molecule has 0 aliphatic rings. The van der Waals surface area contributed by atoms with E-state index >= 15 is 0 Å². The van der Waals surface area contributed by atoms with Crippen LogP contribution in [-0.4, -0.2) is 20.9 Å². The second-order valence-corrected chi connectivity index (χ2v) is 6.43. The Morgan fingerprint density at radius 3 is 2.37 bits per heavy atom. The van der Waals surface area contributed by atoms with Crippen LogP contribution < -0.4 is 5.48 Å². The molecule has 0 radical (unpaired) electrons. The van der Waals surface area contributed by atoms with Crippen LogP contribution in [0.25, 0.3) is 22.0 Å². The summed E-state index contributed by atoms with van der Waals surface area (Å²) in [5, 5.41) is 14.7. The van der Waals surface area contributed by atoms with Crippen LogP contribution >= 0.6 is 0 Å². The first kappa shape index (κ1) is 17.0. The molecule has 0 bridgehead atoms. The Hall–Kier alpha value is -3.44. The summed E-state index contributed by atoms with van der Waals surface area (Å²) in [7, 11) is 0. The Morgan fingerprint density at radius 1 is 0.963 bits per heavy atom. The van der Waals surface area contributed by atoms with Crippen molar-refractivity contribution in [2.24, 2.45) is 0 Å². The third kappa shape index (κ3) is 3.59. The van der Waals surface area contributed by atoms with Crippen molar-refractivity contribution in [2.75, 3.05) is 0 Å². The predicted octanol–water partition coefficient (Wildman–Crippen LogP) is 3.99. The van der Waals surface area contributed by atoms with Crippen molar-refractivity contribution < 1.29 is 10.0 Å². The van der Waals surface area contributed by atoms with E-state index in [1.54, 1.807) is 10.2 Å². The summed E-state index contributed by atoms with van der Waals surface area (Å²) < 4.78 is 1.62. The van der Waals surface area contributed by atoms with Crippen LogP contribution in [-0.2, 0) is 11.2 Å². The normalized spacial score (nSPS) is 12.0. The van der Waals surface area contributed by atoms with Gasteiger partial charge in [0, 0.05) is 18.0 Å². The van der Waals surface area contributed by atoms with Crippen LogP contribution in [0.15, 0.2) is 85.1 Å². The third-order valence-corrected chi connectivity index (χ3v) is 4.64. The summed E-state index contributed by atoms with van der Waals surface area (Å²) in [6.07, 6.45) is 2.28. The second kappa shape index (κ2) is 7.43. The molecule has 1 amide bonds. The zero-order chi connectivity index (χ0) is 18.6. The lowest BCUT2D eigenvalue weighted by Crippen LogP contribution is -2.32. The number of hydroxylamine groups is 1. The molecule has 0 fully saturated rings. The minimum Gasteiger partial charge on any atom is -0.289 e. The van der Waals surface area contributed by atoms with Gasteiger partial charge in [-0.2, -0.15) is 5.10 Å². The van der Waals surface area contributed by atoms with E-state index in [2.05, 4.69) is 17.2 Å². The molecule has 1 atom stereocenters. The maximum absolute atomic E-state index is 12.3. The predicted molar refractivity (Wildman–Crippen MR) is 104 cm³/mol. The van der Waals surface area contributed by atoms with E-state index < -0.39 is 11.9 Å². The van der Waals surface area contributed by atoms with Gasteiger partial charge in [-0.1, -0.05) is 72.8 Å². The Morgan fingerprint density at radius 2 is 1.67 bits per heavy atom. The molecule has 2 N–H and O–H groups in total. The lowest BCUT2D eigenvalue weighted by atomic mass is 10.0. The van der Waals surface area contributed by atoms with Crippen molar-refractivity contribution in [3.63, 3.8) is 0 Å². The second-order valence-electron chi connectivity index (χ2n) is 6.43. The molecule has 0 spiro atoms. The van der Waals surface area contributed by atoms with Gasteiger partial charge in [-0.25, -0.2) is 5.48 Å². The van der Waals surface area contributed by atoms with Crippen molar-refractivity contribution in [3.05, 3.63) is 90.6 Å². The van der Waals surface area contributed by atoms with Crippen LogP contribution in [0.5, 0.6) is 0 Å². The van der Waals surface area contributed by atoms with Crippen molar-refractivity contribution in [2.45, 2.75) is 12.5 Å². The molecule has 1 aromatic heterocycles. The van der Waals surface area contributed by atoms with Gasteiger partial charge in [0.2, 0.25) is 0 Å². The summed E-state index contributed by atoms with van der Waals surface area (Å²) in [6.45, 7) is 0. The molecule has 0 aliphatic carbocycles. The van der Waals surface area contributed by atoms with Crippen molar-refractivity contribution in [1.29, 1.82) is 0 Å². The number of amides is 1. The summed E-state index contributed by atoms with van der Waals surface area (Å²) in [6, 6.07) is 25.2. The number of aromatic nitrogens is 2. The van der Waals surface area contributed by atoms with E-state index in [4.69, 9.17) is 0 Å². The van der Waals surface area contributed by atoms with E-state index in [1.807, 2.05) is 72.9 Å². The first-order valence-corrected chi connectivity index (χ1v) is 8.77. The van der Waals surface area contributed by atoms with Crippen molar-refractivity contribution in [1.82, 2.24) is 15.3 Å². The topological polar surface area (TPSA) is 67.2 Å². The third-order valence-electron chi connectivity index (χ3n) is 4.64. The number of benzene rings is 3. The van der Waals surface area contributed by atoms with Gasteiger partial charge in [0.05, 0.1) is 5.52 Å². The van der Waals surface area contributed by atoms with Gasteiger partial charge in [0.1, 0.15) is 6.04 Å². The number of carbonyl (C=O) groups excluding carboxylic acids is 1. The first-order chi connectivity index (χ1) is 13.2. The SMILES string of the molecule is O=C(NO)C(Cc1ccccc1)n1cc2ccc(-c3ccccc3)cc2n1. The number of nitrogens with one attached hydrogen (secondary N) is 1. The minimum atomic E-state index is -0.634. The summed E-state index contributed by atoms with van der Waals surface area (Å²) in [5.41, 5.74) is 5.75. The van der Waals surface area contributed by atoms with Gasteiger partial charge >= 0.3 is 0 Å². The molecule has 134 valence electrons. The average Bonchev–Trinajstić information content (AvgIpc) is 3.16. The maximum Gasteiger partial charge on any atom is 0.268 e. The highest BCUT2D eigenvalue weighted by Gasteiger charge is 2.22. The molecule has 1 unspecified atom stereocenters. The van der Waals surface area contributed by atoms with E-state index in [0.717, 1.165) is 27.6 Å². The van der Waals surface area contributed by atoms with Crippen LogP contribution in [0, 0.1) is 0 Å². The van der Waals surface area contributed by atoms with Crippen LogP contribution in [0.3, 0.4) is 0 Å². The highest BCUT2D eigenvalue weighted by atomic mass is 16.5. The molecule has 3 aromatic carbocycles. The van der Waals surface area contributed by atoms with E-state index in [9.17, 15) is 10.0 Å². The largest absolute Gasteiger partial charge is 0.289 e.